The van der Waals surface area contributed by atoms with Crippen LogP contribution in [0.25, 0.3) is 22.2 Å². The molecule has 0 aliphatic carbocycles. The van der Waals surface area contributed by atoms with Crippen LogP contribution < -0.4 is 15.6 Å². The van der Waals surface area contributed by atoms with Crippen LogP contribution in [0, 0.1) is 0 Å². The van der Waals surface area contributed by atoms with Crippen molar-refractivity contribution in [2.45, 2.75) is 32.2 Å². The molecular formula is C24H25BrN6O3. The van der Waals surface area contributed by atoms with E-state index in [0.717, 1.165) is 34.8 Å². The first-order valence-corrected chi connectivity index (χ1v) is 12.0. The van der Waals surface area contributed by atoms with Gasteiger partial charge in [0.1, 0.15) is 0 Å². The summed E-state index contributed by atoms with van der Waals surface area (Å²) in [5.74, 6) is 0.649. The van der Waals surface area contributed by atoms with Gasteiger partial charge in [-0.2, -0.15) is 5.10 Å². The number of ether oxygens (including phenoxy) is 1. The van der Waals surface area contributed by atoms with Gasteiger partial charge in [0.2, 0.25) is 11.8 Å². The second-order valence-corrected chi connectivity index (χ2v) is 9.55. The Kier molecular flexibility index (Phi) is 5.76. The number of hydrogen-bond donors (Lipinski definition) is 1. The Hall–Kier alpha value is -3.40. The third-order valence-electron chi connectivity index (χ3n) is 6.19. The Morgan fingerprint density at radius 1 is 1.15 bits per heavy atom. The van der Waals surface area contributed by atoms with Gasteiger partial charge in [0.25, 0.3) is 11.5 Å². The summed E-state index contributed by atoms with van der Waals surface area (Å²) in [6.07, 6.45) is 5.78. The second kappa shape index (κ2) is 8.75. The van der Waals surface area contributed by atoms with Gasteiger partial charge in [-0.05, 0) is 50.5 Å². The molecule has 3 aromatic heterocycles. The number of nitrogens with zero attached hydrogens (tertiary/aromatic N) is 5. The zero-order chi connectivity index (χ0) is 24.0. The van der Waals surface area contributed by atoms with Gasteiger partial charge >= 0.3 is 0 Å². The SMILES string of the molecule is CC1CCCCOc2c(cnn2C)-c2cc(cn(C)c2=O)C(=O)Nc2nc3ccc(Br)cc3n21. The molecule has 0 spiro atoms. The van der Waals surface area contributed by atoms with Crippen LogP contribution in [0.3, 0.4) is 0 Å². The number of nitrogens with one attached hydrogen (secondary N) is 1. The van der Waals surface area contributed by atoms with Crippen molar-refractivity contribution < 1.29 is 9.53 Å². The van der Waals surface area contributed by atoms with E-state index in [0.29, 0.717) is 35.1 Å². The van der Waals surface area contributed by atoms with Crippen molar-refractivity contribution in [3.05, 3.63) is 57.0 Å². The predicted octanol–water partition coefficient (Wildman–Crippen LogP) is 4.27. The number of aromatic nitrogens is 5. The van der Waals surface area contributed by atoms with Gasteiger partial charge in [0.15, 0.2) is 0 Å². The summed E-state index contributed by atoms with van der Waals surface area (Å²) in [5.41, 5.74) is 2.78. The topological polar surface area (TPSA) is 96.0 Å². The van der Waals surface area contributed by atoms with Gasteiger partial charge in [-0.3, -0.25) is 14.9 Å². The van der Waals surface area contributed by atoms with E-state index >= 15 is 0 Å². The maximum atomic E-state index is 13.4. The van der Waals surface area contributed by atoms with Crippen molar-refractivity contribution in [1.29, 1.82) is 0 Å². The molecule has 1 aromatic carbocycles. The average Bonchev–Trinajstić information content (AvgIpc) is 3.34. The second-order valence-electron chi connectivity index (χ2n) is 8.63. The standard InChI is InChI=1S/C24H25BrN6O3/c1-14-6-4-5-9-34-23-18(12-26-30(23)3)17-10-15(13-29(2)22(17)33)21(32)28-24-27-19-8-7-16(25)11-20(19)31(14)24/h7-8,10-14H,4-6,9H2,1-3H3,(H,27,28,32). The number of carbonyl (C=O) groups is 1. The van der Waals surface area contributed by atoms with Crippen LogP contribution >= 0.6 is 15.9 Å². The molecule has 0 radical (unpaired) electrons. The van der Waals surface area contributed by atoms with Gasteiger partial charge in [0.05, 0.1) is 40.5 Å². The molecule has 2 bridgehead atoms. The Bertz CT molecular complexity index is 1470. The highest BCUT2D eigenvalue weighted by molar-refractivity contribution is 9.10. The minimum Gasteiger partial charge on any atom is -0.477 e. The van der Waals surface area contributed by atoms with E-state index in [9.17, 15) is 9.59 Å². The molecular weight excluding hydrogens is 500 g/mol. The highest BCUT2D eigenvalue weighted by Gasteiger charge is 2.22. The third-order valence-corrected chi connectivity index (χ3v) is 6.69. The first kappa shape index (κ1) is 22.4. The number of pyridine rings is 1. The van der Waals surface area contributed by atoms with Gasteiger partial charge in [-0.25, -0.2) is 9.67 Å². The van der Waals surface area contributed by atoms with Crippen molar-refractivity contribution in [3.63, 3.8) is 0 Å². The van der Waals surface area contributed by atoms with Crippen LogP contribution in [0.5, 0.6) is 5.88 Å². The molecule has 9 nitrogen and oxygen atoms in total. The minimum atomic E-state index is -0.346. The van der Waals surface area contributed by atoms with Crippen LogP contribution in [-0.4, -0.2) is 36.4 Å². The molecule has 10 heteroatoms. The van der Waals surface area contributed by atoms with E-state index in [2.05, 4.69) is 37.8 Å². The smallest absolute Gasteiger partial charge is 0.259 e. The monoisotopic (exact) mass is 524 g/mol. The highest BCUT2D eigenvalue weighted by Crippen LogP contribution is 2.31. The molecule has 0 fully saturated rings. The van der Waals surface area contributed by atoms with Crippen molar-refractivity contribution in [2.75, 3.05) is 11.9 Å². The zero-order valence-electron chi connectivity index (χ0n) is 19.2. The maximum absolute atomic E-state index is 13.4. The van der Waals surface area contributed by atoms with Crippen LogP contribution in [0.2, 0.25) is 0 Å². The Morgan fingerprint density at radius 3 is 2.79 bits per heavy atom. The Balaban J connectivity index is 1.66. The summed E-state index contributed by atoms with van der Waals surface area (Å²) in [7, 11) is 3.40. The molecule has 1 atom stereocenters. The maximum Gasteiger partial charge on any atom is 0.259 e. The molecule has 1 unspecified atom stereocenters. The summed E-state index contributed by atoms with van der Waals surface area (Å²) in [5, 5.41) is 7.27. The summed E-state index contributed by atoms with van der Waals surface area (Å²) in [6, 6.07) is 7.57. The molecule has 5 rings (SSSR count). The lowest BCUT2D eigenvalue weighted by atomic mass is 10.1. The quantitative estimate of drug-likeness (QED) is 0.370. The fourth-order valence-electron chi connectivity index (χ4n) is 4.43. The molecule has 0 saturated heterocycles. The lowest BCUT2D eigenvalue weighted by Crippen LogP contribution is -2.23. The summed E-state index contributed by atoms with van der Waals surface area (Å²) in [6.45, 7) is 2.62. The fraction of sp³-hybridized carbons (Fsp3) is 0.333. The highest BCUT2D eigenvalue weighted by atomic mass is 79.9. The molecule has 0 saturated carbocycles. The number of benzene rings is 1. The molecule has 176 valence electrons. The number of halogens is 1. The van der Waals surface area contributed by atoms with Crippen LogP contribution in [0.4, 0.5) is 5.95 Å². The van der Waals surface area contributed by atoms with Crippen LogP contribution in [0.1, 0.15) is 42.6 Å². The lowest BCUT2D eigenvalue weighted by molar-refractivity contribution is 0.102. The van der Waals surface area contributed by atoms with Crippen molar-refractivity contribution in [2.24, 2.45) is 14.1 Å². The number of anilines is 1. The fourth-order valence-corrected chi connectivity index (χ4v) is 4.77. The molecule has 1 amide bonds. The van der Waals surface area contributed by atoms with E-state index in [1.165, 1.54) is 10.8 Å². The molecule has 1 aliphatic rings. The molecule has 1 aliphatic heterocycles. The van der Waals surface area contributed by atoms with Crippen LogP contribution in [0.15, 0.2) is 45.9 Å². The van der Waals surface area contributed by atoms with E-state index < -0.39 is 0 Å². The molecule has 34 heavy (non-hydrogen) atoms. The average molecular weight is 525 g/mol. The van der Waals surface area contributed by atoms with E-state index in [4.69, 9.17) is 9.72 Å². The summed E-state index contributed by atoms with van der Waals surface area (Å²) < 4.78 is 12.1. The zero-order valence-corrected chi connectivity index (χ0v) is 20.8. The van der Waals surface area contributed by atoms with Gasteiger partial charge in [-0.15, -0.1) is 0 Å². The Labute approximate surface area is 204 Å². The van der Waals surface area contributed by atoms with Crippen molar-refractivity contribution >= 4 is 38.8 Å². The first-order chi connectivity index (χ1) is 16.3. The third kappa shape index (κ3) is 3.91. The number of hydrogen-bond acceptors (Lipinski definition) is 5. The lowest BCUT2D eigenvalue weighted by Gasteiger charge is -2.18. The first-order valence-electron chi connectivity index (χ1n) is 11.2. The number of imidazole rings is 1. The van der Waals surface area contributed by atoms with Gasteiger partial charge < -0.3 is 13.9 Å². The van der Waals surface area contributed by atoms with Crippen molar-refractivity contribution in [3.8, 4) is 17.0 Å². The van der Waals surface area contributed by atoms with E-state index in [-0.39, 0.29) is 17.5 Å². The minimum absolute atomic E-state index is 0.0997. The summed E-state index contributed by atoms with van der Waals surface area (Å²) in [4.78, 5) is 31.0. The summed E-state index contributed by atoms with van der Waals surface area (Å²) >= 11 is 3.55. The van der Waals surface area contributed by atoms with Crippen molar-refractivity contribution in [1.82, 2.24) is 23.9 Å². The number of amides is 1. The van der Waals surface area contributed by atoms with E-state index in [1.807, 2.05) is 18.2 Å². The van der Waals surface area contributed by atoms with Crippen LogP contribution in [-0.2, 0) is 14.1 Å². The molecule has 1 N–H and O–H groups in total. The molecule has 4 heterocycles. The number of rotatable bonds is 0. The number of aryl methyl sites for hydroxylation is 2. The van der Waals surface area contributed by atoms with Gasteiger partial charge in [-0.1, -0.05) is 15.9 Å². The van der Waals surface area contributed by atoms with E-state index in [1.54, 1.807) is 31.0 Å². The van der Waals surface area contributed by atoms with Gasteiger partial charge in [0, 0.05) is 30.8 Å². The number of fused-ring (bicyclic) bond motifs is 7. The normalized spacial score (nSPS) is 16.7. The predicted molar refractivity (Wildman–Crippen MR) is 133 cm³/mol. The number of carbonyl (C=O) groups excluding carboxylic acids is 1. The Morgan fingerprint density at radius 2 is 1.97 bits per heavy atom. The largest absolute Gasteiger partial charge is 0.477 e. The molecule has 4 aromatic rings.